The molecule has 0 N–H and O–H groups in total. The lowest BCUT2D eigenvalue weighted by atomic mass is 10.0. The molecule has 1 saturated heterocycles. The zero-order chi connectivity index (χ0) is 13.9. The van der Waals surface area contributed by atoms with Crippen LogP contribution in [-0.4, -0.2) is 38.9 Å². The van der Waals surface area contributed by atoms with Crippen molar-refractivity contribution in [3.63, 3.8) is 0 Å². The molecule has 1 fully saturated rings. The number of aryl methyl sites for hydroxylation is 2. The summed E-state index contributed by atoms with van der Waals surface area (Å²) >= 11 is 0. The van der Waals surface area contributed by atoms with Gasteiger partial charge in [-0.1, -0.05) is 29.5 Å². The van der Waals surface area contributed by atoms with Crippen LogP contribution in [0.3, 0.4) is 0 Å². The number of amides is 1. The van der Waals surface area contributed by atoms with Gasteiger partial charge < -0.3 is 4.90 Å². The topological polar surface area (TPSA) is 51.0 Å². The molecule has 1 aliphatic heterocycles. The van der Waals surface area contributed by atoms with Gasteiger partial charge in [-0.3, -0.25) is 4.79 Å². The maximum absolute atomic E-state index is 12.1. The maximum Gasteiger partial charge on any atom is 0.223 e. The molecule has 0 spiro atoms. The van der Waals surface area contributed by atoms with E-state index in [1.807, 2.05) is 27.9 Å². The zero-order valence-corrected chi connectivity index (χ0v) is 11.6. The second kappa shape index (κ2) is 5.45. The number of hydrogen-bond acceptors (Lipinski definition) is 3. The first kappa shape index (κ1) is 12.8. The molecule has 5 heteroatoms. The van der Waals surface area contributed by atoms with E-state index in [4.69, 9.17) is 0 Å². The van der Waals surface area contributed by atoms with Gasteiger partial charge in [-0.05, 0) is 24.5 Å². The molecular formula is C15H18N4O. The number of carbonyl (C=O) groups is 1. The molecule has 3 rings (SSSR count). The Kier molecular flexibility index (Phi) is 3.50. The van der Waals surface area contributed by atoms with Gasteiger partial charge in [0.2, 0.25) is 5.91 Å². The quantitative estimate of drug-likeness (QED) is 0.848. The van der Waals surface area contributed by atoms with Crippen LogP contribution in [-0.2, 0) is 11.2 Å². The van der Waals surface area contributed by atoms with Crippen molar-refractivity contribution in [2.75, 3.05) is 13.1 Å². The van der Waals surface area contributed by atoms with Gasteiger partial charge in [0.1, 0.15) is 0 Å². The second-order valence-electron chi connectivity index (χ2n) is 5.26. The van der Waals surface area contributed by atoms with Crippen molar-refractivity contribution < 1.29 is 4.79 Å². The average molecular weight is 270 g/mol. The van der Waals surface area contributed by atoms with Crippen molar-refractivity contribution in [3.8, 4) is 0 Å². The van der Waals surface area contributed by atoms with E-state index in [-0.39, 0.29) is 5.91 Å². The average Bonchev–Trinajstić information content (AvgIpc) is 2.90. The van der Waals surface area contributed by atoms with E-state index >= 15 is 0 Å². The predicted octanol–water partition coefficient (Wildman–Crippen LogP) is 1.60. The van der Waals surface area contributed by atoms with Gasteiger partial charge in [-0.25, -0.2) is 4.68 Å². The van der Waals surface area contributed by atoms with Crippen LogP contribution < -0.4 is 0 Å². The standard InChI is InChI=1S/C15H18N4O/c1-12-4-2-3-5-13(12)6-7-15(20)18-10-14(11-18)19-9-8-16-17-19/h2-5,8-9,14H,6-7,10-11H2,1H3. The summed E-state index contributed by atoms with van der Waals surface area (Å²) in [6.45, 7) is 3.58. The molecule has 2 heterocycles. The molecule has 0 saturated carbocycles. The molecule has 20 heavy (non-hydrogen) atoms. The fraction of sp³-hybridized carbons (Fsp3) is 0.400. The minimum absolute atomic E-state index is 0.226. The van der Waals surface area contributed by atoms with E-state index in [2.05, 4.69) is 29.4 Å². The van der Waals surface area contributed by atoms with Gasteiger partial charge >= 0.3 is 0 Å². The first-order chi connectivity index (χ1) is 9.74. The molecular weight excluding hydrogens is 252 g/mol. The minimum Gasteiger partial charge on any atom is -0.338 e. The molecule has 104 valence electrons. The largest absolute Gasteiger partial charge is 0.338 e. The Morgan fingerprint density at radius 2 is 2.15 bits per heavy atom. The van der Waals surface area contributed by atoms with Crippen LogP contribution in [0.15, 0.2) is 36.7 Å². The third-order valence-corrected chi connectivity index (χ3v) is 3.90. The van der Waals surface area contributed by atoms with Crippen LogP contribution in [0.2, 0.25) is 0 Å². The predicted molar refractivity (Wildman–Crippen MR) is 75.1 cm³/mol. The van der Waals surface area contributed by atoms with Crippen molar-refractivity contribution >= 4 is 5.91 Å². The molecule has 1 amide bonds. The molecule has 5 nitrogen and oxygen atoms in total. The lowest BCUT2D eigenvalue weighted by molar-refractivity contribution is -0.137. The Morgan fingerprint density at radius 1 is 1.35 bits per heavy atom. The van der Waals surface area contributed by atoms with Gasteiger partial charge in [-0.2, -0.15) is 0 Å². The highest BCUT2D eigenvalue weighted by Crippen LogP contribution is 2.21. The summed E-state index contributed by atoms with van der Waals surface area (Å²) in [5.74, 6) is 0.226. The van der Waals surface area contributed by atoms with Crippen molar-refractivity contribution in [1.29, 1.82) is 0 Å². The van der Waals surface area contributed by atoms with E-state index in [9.17, 15) is 4.79 Å². The van der Waals surface area contributed by atoms with Crippen molar-refractivity contribution in [3.05, 3.63) is 47.8 Å². The first-order valence-corrected chi connectivity index (χ1v) is 6.92. The molecule has 1 aromatic heterocycles. The molecule has 2 aromatic rings. The molecule has 0 unspecified atom stereocenters. The van der Waals surface area contributed by atoms with Crippen LogP contribution >= 0.6 is 0 Å². The van der Waals surface area contributed by atoms with Crippen LogP contribution in [0.4, 0.5) is 0 Å². The Balaban J connectivity index is 1.48. The van der Waals surface area contributed by atoms with Gasteiger partial charge in [0.05, 0.1) is 12.2 Å². The van der Waals surface area contributed by atoms with Crippen LogP contribution in [0.1, 0.15) is 23.6 Å². The Hall–Kier alpha value is -2.17. The second-order valence-corrected chi connectivity index (χ2v) is 5.26. The summed E-state index contributed by atoms with van der Waals surface area (Å²) in [4.78, 5) is 14.0. The van der Waals surface area contributed by atoms with E-state index in [1.165, 1.54) is 11.1 Å². The van der Waals surface area contributed by atoms with Crippen molar-refractivity contribution in [2.45, 2.75) is 25.8 Å². The SMILES string of the molecule is Cc1ccccc1CCC(=O)N1CC(n2ccnn2)C1. The number of carbonyl (C=O) groups excluding carboxylic acids is 1. The molecule has 1 aliphatic rings. The number of benzene rings is 1. The summed E-state index contributed by atoms with van der Waals surface area (Å²) in [7, 11) is 0. The number of hydrogen-bond donors (Lipinski definition) is 0. The van der Waals surface area contributed by atoms with Gasteiger partial charge in [0, 0.05) is 25.7 Å². The van der Waals surface area contributed by atoms with E-state index in [0.29, 0.717) is 12.5 Å². The van der Waals surface area contributed by atoms with E-state index < -0.39 is 0 Å². The van der Waals surface area contributed by atoms with E-state index in [1.54, 1.807) is 6.20 Å². The highest BCUT2D eigenvalue weighted by molar-refractivity contribution is 5.77. The fourth-order valence-electron chi connectivity index (χ4n) is 2.53. The molecule has 0 bridgehead atoms. The molecule has 0 atom stereocenters. The third kappa shape index (κ3) is 2.57. The molecule has 0 radical (unpaired) electrons. The van der Waals surface area contributed by atoms with Crippen LogP contribution in [0, 0.1) is 6.92 Å². The summed E-state index contributed by atoms with van der Waals surface area (Å²) < 4.78 is 1.82. The smallest absolute Gasteiger partial charge is 0.223 e. The summed E-state index contributed by atoms with van der Waals surface area (Å²) in [6.07, 6.45) is 4.91. The highest BCUT2D eigenvalue weighted by Gasteiger charge is 2.31. The summed E-state index contributed by atoms with van der Waals surface area (Å²) in [5.41, 5.74) is 2.51. The van der Waals surface area contributed by atoms with Gasteiger partial charge in [0.15, 0.2) is 0 Å². The Morgan fingerprint density at radius 3 is 2.85 bits per heavy atom. The number of likely N-dealkylation sites (tertiary alicyclic amines) is 1. The normalized spacial score (nSPS) is 15.2. The number of nitrogens with zero attached hydrogens (tertiary/aromatic N) is 4. The Labute approximate surface area is 118 Å². The summed E-state index contributed by atoms with van der Waals surface area (Å²) in [5, 5.41) is 7.76. The van der Waals surface area contributed by atoms with Crippen LogP contribution in [0.5, 0.6) is 0 Å². The Bertz CT molecular complexity index is 588. The van der Waals surface area contributed by atoms with Crippen LogP contribution in [0.25, 0.3) is 0 Å². The fourth-order valence-corrected chi connectivity index (χ4v) is 2.53. The van der Waals surface area contributed by atoms with Gasteiger partial charge in [0.25, 0.3) is 0 Å². The maximum atomic E-state index is 12.1. The molecule has 1 aromatic carbocycles. The van der Waals surface area contributed by atoms with Crippen molar-refractivity contribution in [1.82, 2.24) is 19.9 Å². The first-order valence-electron chi connectivity index (χ1n) is 6.92. The monoisotopic (exact) mass is 270 g/mol. The minimum atomic E-state index is 0.226. The number of rotatable bonds is 4. The molecule has 0 aliphatic carbocycles. The van der Waals surface area contributed by atoms with E-state index in [0.717, 1.165) is 19.5 Å². The van der Waals surface area contributed by atoms with Crippen molar-refractivity contribution in [2.24, 2.45) is 0 Å². The zero-order valence-electron chi connectivity index (χ0n) is 11.6. The number of aromatic nitrogens is 3. The highest BCUT2D eigenvalue weighted by atomic mass is 16.2. The lowest BCUT2D eigenvalue weighted by Crippen LogP contribution is -2.50. The van der Waals surface area contributed by atoms with Gasteiger partial charge in [-0.15, -0.1) is 5.10 Å². The summed E-state index contributed by atoms with van der Waals surface area (Å²) in [6, 6.07) is 8.52. The third-order valence-electron chi connectivity index (χ3n) is 3.90. The lowest BCUT2D eigenvalue weighted by Gasteiger charge is -2.39.